The molecule has 2 heteroatoms. The Hall–Kier alpha value is -0.340. The van der Waals surface area contributed by atoms with Gasteiger partial charge in [-0.25, -0.2) is 0 Å². The lowest BCUT2D eigenvalue weighted by molar-refractivity contribution is 0.249. The first-order valence-corrected chi connectivity index (χ1v) is 6.66. The predicted molar refractivity (Wildman–Crippen MR) is 71.7 cm³/mol. The molecule has 0 aromatic rings. The monoisotopic (exact) mass is 224 g/mol. The summed E-state index contributed by atoms with van der Waals surface area (Å²) in [5.74, 6) is 1.51. The van der Waals surface area contributed by atoms with E-state index in [1.165, 1.54) is 19.5 Å². The van der Waals surface area contributed by atoms with E-state index in [1.54, 1.807) is 5.57 Å². The molecule has 1 aliphatic rings. The summed E-state index contributed by atoms with van der Waals surface area (Å²) in [5.41, 5.74) is 1.56. The summed E-state index contributed by atoms with van der Waals surface area (Å²) in [7, 11) is 0. The van der Waals surface area contributed by atoms with E-state index in [-0.39, 0.29) is 0 Å². The first kappa shape index (κ1) is 13.7. The van der Waals surface area contributed by atoms with E-state index < -0.39 is 0 Å². The predicted octanol–water partition coefficient (Wildman–Crippen LogP) is 2.52. The van der Waals surface area contributed by atoms with Gasteiger partial charge in [0.2, 0.25) is 0 Å². The molecule has 0 saturated heterocycles. The van der Waals surface area contributed by atoms with E-state index >= 15 is 0 Å². The molecular weight excluding hydrogens is 196 g/mol. The highest BCUT2D eigenvalue weighted by Gasteiger charge is 2.12. The number of hydrogen-bond donors (Lipinski definition) is 1. The third kappa shape index (κ3) is 5.66. The van der Waals surface area contributed by atoms with Gasteiger partial charge in [0, 0.05) is 19.6 Å². The van der Waals surface area contributed by atoms with Gasteiger partial charge in [-0.15, -0.1) is 0 Å². The highest BCUT2D eigenvalue weighted by molar-refractivity contribution is 5.03. The van der Waals surface area contributed by atoms with Crippen LogP contribution in [0.25, 0.3) is 0 Å². The smallest absolute Gasteiger partial charge is 0.0165 e. The van der Waals surface area contributed by atoms with Crippen molar-refractivity contribution in [3.05, 3.63) is 11.6 Å². The molecule has 2 nitrogen and oxygen atoms in total. The lowest BCUT2D eigenvalue weighted by Gasteiger charge is -2.28. The van der Waals surface area contributed by atoms with Gasteiger partial charge in [-0.05, 0) is 38.3 Å². The number of nitrogens with one attached hydrogen (secondary N) is 1. The molecule has 0 bridgehead atoms. The SMILES string of the molecule is CC1=CCN(CC(C)CNCC(C)C)CC1. The Kier molecular flexibility index (Phi) is 6.07. The Labute approximate surface area is 101 Å². The molecular formula is C14H28N2. The third-order valence-electron chi connectivity index (χ3n) is 3.14. The Morgan fingerprint density at radius 2 is 2.06 bits per heavy atom. The minimum absolute atomic E-state index is 0.755. The number of rotatable bonds is 6. The molecule has 94 valence electrons. The molecule has 0 fully saturated rings. The van der Waals surface area contributed by atoms with Crippen LogP contribution < -0.4 is 5.32 Å². The lowest BCUT2D eigenvalue weighted by Crippen LogP contribution is -2.36. The fourth-order valence-electron chi connectivity index (χ4n) is 2.10. The maximum Gasteiger partial charge on any atom is 0.0165 e. The summed E-state index contributed by atoms with van der Waals surface area (Å²) in [6.45, 7) is 15.0. The van der Waals surface area contributed by atoms with Crippen LogP contribution in [-0.4, -0.2) is 37.6 Å². The van der Waals surface area contributed by atoms with E-state index in [2.05, 4.69) is 44.0 Å². The van der Waals surface area contributed by atoms with Gasteiger partial charge in [-0.3, -0.25) is 4.90 Å². The van der Waals surface area contributed by atoms with Crippen molar-refractivity contribution < 1.29 is 0 Å². The molecule has 0 aliphatic carbocycles. The van der Waals surface area contributed by atoms with Crippen LogP contribution in [0.2, 0.25) is 0 Å². The van der Waals surface area contributed by atoms with Gasteiger partial charge in [0.15, 0.2) is 0 Å². The zero-order valence-electron chi connectivity index (χ0n) is 11.4. The Morgan fingerprint density at radius 1 is 1.31 bits per heavy atom. The van der Waals surface area contributed by atoms with Gasteiger partial charge in [-0.2, -0.15) is 0 Å². The van der Waals surface area contributed by atoms with Crippen LogP contribution >= 0.6 is 0 Å². The van der Waals surface area contributed by atoms with Crippen LogP contribution in [0.4, 0.5) is 0 Å². The van der Waals surface area contributed by atoms with Crippen molar-refractivity contribution in [2.75, 3.05) is 32.7 Å². The van der Waals surface area contributed by atoms with Crippen LogP contribution in [0, 0.1) is 11.8 Å². The minimum Gasteiger partial charge on any atom is -0.316 e. The molecule has 0 aromatic carbocycles. The summed E-state index contributed by atoms with van der Waals surface area (Å²) < 4.78 is 0. The second kappa shape index (κ2) is 7.08. The zero-order valence-corrected chi connectivity index (χ0v) is 11.4. The first-order chi connectivity index (χ1) is 7.58. The molecule has 1 rings (SSSR count). The molecule has 1 atom stereocenters. The fourth-order valence-corrected chi connectivity index (χ4v) is 2.10. The van der Waals surface area contributed by atoms with Crippen molar-refractivity contribution in [1.29, 1.82) is 0 Å². The minimum atomic E-state index is 0.755. The van der Waals surface area contributed by atoms with Crippen molar-refractivity contribution >= 4 is 0 Å². The van der Waals surface area contributed by atoms with Crippen LogP contribution in [-0.2, 0) is 0 Å². The van der Waals surface area contributed by atoms with Crippen molar-refractivity contribution in [2.45, 2.75) is 34.1 Å². The molecule has 0 aromatic heterocycles. The van der Waals surface area contributed by atoms with Crippen molar-refractivity contribution in [3.8, 4) is 0 Å². The van der Waals surface area contributed by atoms with Gasteiger partial charge < -0.3 is 5.32 Å². The molecule has 1 aliphatic heterocycles. The van der Waals surface area contributed by atoms with E-state index in [1.807, 2.05) is 0 Å². The summed E-state index contributed by atoms with van der Waals surface area (Å²) in [4.78, 5) is 2.56. The molecule has 1 N–H and O–H groups in total. The van der Waals surface area contributed by atoms with E-state index in [0.717, 1.165) is 31.5 Å². The lowest BCUT2D eigenvalue weighted by atomic mass is 10.1. The molecule has 1 unspecified atom stereocenters. The maximum absolute atomic E-state index is 3.54. The van der Waals surface area contributed by atoms with E-state index in [0.29, 0.717) is 0 Å². The van der Waals surface area contributed by atoms with Gasteiger partial charge in [0.25, 0.3) is 0 Å². The Bertz CT molecular complexity index is 221. The van der Waals surface area contributed by atoms with Crippen molar-refractivity contribution in [3.63, 3.8) is 0 Å². The van der Waals surface area contributed by atoms with Crippen LogP contribution in [0.1, 0.15) is 34.1 Å². The van der Waals surface area contributed by atoms with E-state index in [9.17, 15) is 0 Å². The largest absolute Gasteiger partial charge is 0.316 e. The molecule has 16 heavy (non-hydrogen) atoms. The Balaban J connectivity index is 2.12. The average molecular weight is 224 g/mol. The zero-order chi connectivity index (χ0) is 12.0. The van der Waals surface area contributed by atoms with Gasteiger partial charge in [-0.1, -0.05) is 32.4 Å². The quantitative estimate of drug-likeness (QED) is 0.697. The second-order valence-electron chi connectivity index (χ2n) is 5.72. The molecule has 0 saturated carbocycles. The van der Waals surface area contributed by atoms with Crippen LogP contribution in [0.3, 0.4) is 0 Å². The molecule has 0 spiro atoms. The highest BCUT2D eigenvalue weighted by Crippen LogP contribution is 2.11. The number of nitrogens with zero attached hydrogens (tertiary/aromatic N) is 1. The molecule has 1 heterocycles. The summed E-state index contributed by atoms with van der Waals surface area (Å²) in [5, 5.41) is 3.54. The molecule has 0 amide bonds. The first-order valence-electron chi connectivity index (χ1n) is 6.66. The van der Waals surface area contributed by atoms with Gasteiger partial charge in [0.05, 0.1) is 0 Å². The van der Waals surface area contributed by atoms with Crippen molar-refractivity contribution in [2.24, 2.45) is 11.8 Å². The van der Waals surface area contributed by atoms with Crippen LogP contribution in [0.5, 0.6) is 0 Å². The van der Waals surface area contributed by atoms with E-state index in [4.69, 9.17) is 0 Å². The summed E-state index contributed by atoms with van der Waals surface area (Å²) in [6.07, 6.45) is 3.63. The molecule has 0 radical (unpaired) electrons. The standard InChI is InChI=1S/C14H28N2/c1-12(2)9-15-10-14(4)11-16-7-5-13(3)6-8-16/h5,12,14-15H,6-11H2,1-4H3. The normalized spacial score (nSPS) is 19.9. The summed E-state index contributed by atoms with van der Waals surface area (Å²) in [6, 6.07) is 0. The fraction of sp³-hybridized carbons (Fsp3) is 0.857. The second-order valence-corrected chi connectivity index (χ2v) is 5.72. The van der Waals surface area contributed by atoms with Crippen molar-refractivity contribution in [1.82, 2.24) is 10.2 Å². The Morgan fingerprint density at radius 3 is 2.62 bits per heavy atom. The average Bonchev–Trinajstić information content (AvgIpc) is 2.21. The maximum atomic E-state index is 3.54. The number of hydrogen-bond acceptors (Lipinski definition) is 2. The van der Waals surface area contributed by atoms with Gasteiger partial charge >= 0.3 is 0 Å². The topological polar surface area (TPSA) is 15.3 Å². The van der Waals surface area contributed by atoms with Gasteiger partial charge in [0.1, 0.15) is 0 Å². The summed E-state index contributed by atoms with van der Waals surface area (Å²) >= 11 is 0. The third-order valence-corrected chi connectivity index (χ3v) is 3.14. The van der Waals surface area contributed by atoms with Crippen LogP contribution in [0.15, 0.2) is 11.6 Å². The highest BCUT2D eigenvalue weighted by atomic mass is 15.1.